The number of fused-ring (bicyclic) bond motifs is 1. The van der Waals surface area contributed by atoms with Gasteiger partial charge in [0.15, 0.2) is 4.96 Å². The van der Waals surface area contributed by atoms with Crippen molar-refractivity contribution >= 4 is 16.3 Å². The summed E-state index contributed by atoms with van der Waals surface area (Å²) in [5, 5.41) is 2.04. The third-order valence-corrected chi connectivity index (χ3v) is 4.10. The van der Waals surface area contributed by atoms with Crippen molar-refractivity contribution in [1.82, 2.24) is 9.38 Å². The molecular formula is C12H17N3OS. The minimum absolute atomic E-state index is 0.370. The van der Waals surface area contributed by atoms with Crippen LogP contribution < -0.4 is 5.73 Å². The van der Waals surface area contributed by atoms with Crippen molar-refractivity contribution in [3.05, 3.63) is 23.5 Å². The molecular weight excluding hydrogens is 234 g/mol. The zero-order chi connectivity index (χ0) is 11.7. The molecule has 1 fully saturated rings. The molecule has 0 spiro atoms. The van der Waals surface area contributed by atoms with Gasteiger partial charge < -0.3 is 10.5 Å². The van der Waals surface area contributed by atoms with E-state index in [-0.39, 0.29) is 0 Å². The average Bonchev–Trinajstić information content (AvgIpc) is 2.88. The number of imidazole rings is 1. The zero-order valence-electron chi connectivity index (χ0n) is 9.71. The summed E-state index contributed by atoms with van der Waals surface area (Å²) in [6, 6.07) is 0.382. The molecule has 0 amide bonds. The molecule has 0 unspecified atom stereocenters. The molecule has 4 nitrogen and oxygen atoms in total. The third-order valence-electron chi connectivity index (χ3n) is 3.33. The van der Waals surface area contributed by atoms with Crippen LogP contribution in [0.3, 0.4) is 0 Å². The van der Waals surface area contributed by atoms with Crippen LogP contribution in [-0.4, -0.2) is 21.5 Å². The van der Waals surface area contributed by atoms with E-state index in [0.29, 0.717) is 18.8 Å². The van der Waals surface area contributed by atoms with Gasteiger partial charge in [0, 0.05) is 23.8 Å². The van der Waals surface area contributed by atoms with Gasteiger partial charge >= 0.3 is 0 Å². The number of nitrogens with two attached hydrogens (primary N) is 1. The number of hydrogen-bond donors (Lipinski definition) is 1. The molecule has 5 heteroatoms. The summed E-state index contributed by atoms with van der Waals surface area (Å²) in [6.07, 6.45) is 8.78. The first-order chi connectivity index (χ1) is 8.31. The first-order valence-electron chi connectivity index (χ1n) is 6.09. The number of rotatable bonds is 3. The maximum Gasteiger partial charge on any atom is 0.193 e. The lowest BCUT2D eigenvalue weighted by atomic mass is 9.94. The minimum Gasteiger partial charge on any atom is -0.372 e. The van der Waals surface area contributed by atoms with E-state index in [0.717, 1.165) is 36.3 Å². The van der Waals surface area contributed by atoms with Gasteiger partial charge in [-0.25, -0.2) is 4.98 Å². The maximum absolute atomic E-state index is 5.89. The van der Waals surface area contributed by atoms with Gasteiger partial charge in [-0.2, -0.15) is 0 Å². The van der Waals surface area contributed by atoms with E-state index in [2.05, 4.69) is 4.98 Å². The summed E-state index contributed by atoms with van der Waals surface area (Å²) >= 11 is 1.65. The molecule has 0 saturated heterocycles. The largest absolute Gasteiger partial charge is 0.372 e. The van der Waals surface area contributed by atoms with Crippen molar-refractivity contribution in [2.45, 2.75) is 44.4 Å². The Bertz CT molecular complexity index is 456. The smallest absolute Gasteiger partial charge is 0.193 e. The van der Waals surface area contributed by atoms with Crippen LogP contribution in [0.2, 0.25) is 0 Å². The van der Waals surface area contributed by atoms with Crippen LogP contribution in [0.25, 0.3) is 4.96 Å². The van der Waals surface area contributed by atoms with Crippen molar-refractivity contribution in [3.8, 4) is 0 Å². The monoisotopic (exact) mass is 251 g/mol. The topological polar surface area (TPSA) is 52.5 Å². The van der Waals surface area contributed by atoms with Crippen LogP contribution in [0.5, 0.6) is 0 Å². The highest BCUT2D eigenvalue weighted by Crippen LogP contribution is 2.21. The Labute approximate surface area is 104 Å². The number of thiazole rings is 1. The van der Waals surface area contributed by atoms with Gasteiger partial charge in [0.25, 0.3) is 0 Å². The summed E-state index contributed by atoms with van der Waals surface area (Å²) in [6.45, 7) is 0.619. The molecule has 0 bridgehead atoms. The molecule has 17 heavy (non-hydrogen) atoms. The number of hydrogen-bond acceptors (Lipinski definition) is 4. The summed E-state index contributed by atoms with van der Waals surface area (Å²) in [5.74, 6) is 0. The second-order valence-corrected chi connectivity index (χ2v) is 5.55. The Morgan fingerprint density at radius 2 is 2.24 bits per heavy atom. The Morgan fingerprint density at radius 3 is 3.00 bits per heavy atom. The molecule has 0 atom stereocenters. The highest BCUT2D eigenvalue weighted by Gasteiger charge is 2.19. The fraction of sp³-hybridized carbons (Fsp3) is 0.583. The lowest BCUT2D eigenvalue weighted by Crippen LogP contribution is -2.30. The quantitative estimate of drug-likeness (QED) is 0.909. The average molecular weight is 251 g/mol. The van der Waals surface area contributed by atoms with Crippen LogP contribution >= 0.6 is 11.3 Å². The van der Waals surface area contributed by atoms with Crippen molar-refractivity contribution in [3.63, 3.8) is 0 Å². The second kappa shape index (κ2) is 4.76. The van der Waals surface area contributed by atoms with E-state index in [1.54, 1.807) is 11.3 Å². The van der Waals surface area contributed by atoms with Crippen LogP contribution in [0.1, 0.15) is 31.4 Å². The van der Waals surface area contributed by atoms with Gasteiger partial charge in [-0.1, -0.05) is 0 Å². The zero-order valence-corrected chi connectivity index (χ0v) is 10.5. The lowest BCUT2D eigenvalue weighted by Gasteiger charge is -2.25. The number of aromatic nitrogens is 2. The summed E-state index contributed by atoms with van der Waals surface area (Å²) in [7, 11) is 0. The van der Waals surface area contributed by atoms with Crippen LogP contribution in [0.4, 0.5) is 0 Å². The second-order valence-electron chi connectivity index (χ2n) is 4.67. The van der Waals surface area contributed by atoms with Crippen LogP contribution in [0, 0.1) is 0 Å². The van der Waals surface area contributed by atoms with Crippen molar-refractivity contribution in [2.24, 2.45) is 5.73 Å². The Balaban J connectivity index is 1.55. The van der Waals surface area contributed by atoms with E-state index in [9.17, 15) is 0 Å². The normalized spacial score (nSPS) is 25.5. The van der Waals surface area contributed by atoms with Gasteiger partial charge in [-0.15, -0.1) is 11.3 Å². The highest BCUT2D eigenvalue weighted by atomic mass is 32.1. The van der Waals surface area contributed by atoms with E-state index in [1.807, 2.05) is 22.2 Å². The maximum atomic E-state index is 5.89. The SMILES string of the molecule is NC1CCC(OCc2cn3ccsc3n2)CC1. The molecule has 92 valence electrons. The number of ether oxygens (including phenoxy) is 1. The molecule has 0 aliphatic heterocycles. The molecule has 1 saturated carbocycles. The Morgan fingerprint density at radius 1 is 1.41 bits per heavy atom. The van der Waals surface area contributed by atoms with E-state index in [4.69, 9.17) is 10.5 Å². The predicted molar refractivity (Wildman–Crippen MR) is 68.1 cm³/mol. The minimum atomic E-state index is 0.370. The van der Waals surface area contributed by atoms with Crippen LogP contribution in [-0.2, 0) is 11.3 Å². The Kier molecular flexibility index (Phi) is 3.13. The van der Waals surface area contributed by atoms with E-state index < -0.39 is 0 Å². The predicted octanol–water partition coefficient (Wildman–Crippen LogP) is 2.18. The third kappa shape index (κ3) is 2.51. The fourth-order valence-electron chi connectivity index (χ4n) is 2.30. The molecule has 2 aromatic heterocycles. The van der Waals surface area contributed by atoms with Crippen molar-refractivity contribution in [1.29, 1.82) is 0 Å². The lowest BCUT2D eigenvalue weighted by molar-refractivity contribution is 0.0124. The Hall–Kier alpha value is -0.910. The molecule has 3 rings (SSSR count). The summed E-state index contributed by atoms with van der Waals surface area (Å²) < 4.78 is 7.93. The van der Waals surface area contributed by atoms with Gasteiger partial charge in [0.2, 0.25) is 0 Å². The molecule has 2 N–H and O–H groups in total. The van der Waals surface area contributed by atoms with Gasteiger partial charge in [0.05, 0.1) is 18.4 Å². The van der Waals surface area contributed by atoms with Gasteiger partial charge in [-0.3, -0.25) is 4.40 Å². The van der Waals surface area contributed by atoms with E-state index >= 15 is 0 Å². The van der Waals surface area contributed by atoms with Gasteiger partial charge in [0.1, 0.15) is 0 Å². The first kappa shape index (κ1) is 11.2. The molecule has 1 aliphatic carbocycles. The molecule has 0 aromatic carbocycles. The molecule has 0 radical (unpaired) electrons. The van der Waals surface area contributed by atoms with Crippen LogP contribution in [0.15, 0.2) is 17.8 Å². The van der Waals surface area contributed by atoms with Gasteiger partial charge in [-0.05, 0) is 25.7 Å². The summed E-state index contributed by atoms with van der Waals surface area (Å²) in [5.41, 5.74) is 6.89. The number of nitrogens with zero attached hydrogens (tertiary/aromatic N) is 2. The van der Waals surface area contributed by atoms with Crippen molar-refractivity contribution < 1.29 is 4.74 Å². The summed E-state index contributed by atoms with van der Waals surface area (Å²) in [4.78, 5) is 5.54. The highest BCUT2D eigenvalue weighted by molar-refractivity contribution is 7.15. The molecule has 1 aliphatic rings. The fourth-order valence-corrected chi connectivity index (χ4v) is 3.02. The van der Waals surface area contributed by atoms with Crippen molar-refractivity contribution in [2.75, 3.05) is 0 Å². The molecule has 2 heterocycles. The standard InChI is InChI=1S/C12H17N3OS/c13-9-1-3-11(4-2-9)16-8-10-7-15-5-6-17-12(15)14-10/h5-7,9,11H,1-4,8,13H2. The molecule has 2 aromatic rings. The first-order valence-corrected chi connectivity index (χ1v) is 6.97. The van der Waals surface area contributed by atoms with E-state index in [1.165, 1.54) is 0 Å².